The van der Waals surface area contributed by atoms with E-state index in [-0.39, 0.29) is 5.69 Å². The third-order valence-corrected chi connectivity index (χ3v) is 3.52. The fourth-order valence-corrected chi connectivity index (χ4v) is 2.42. The maximum atomic E-state index is 13.3. The van der Waals surface area contributed by atoms with E-state index in [1.165, 1.54) is 6.07 Å². The minimum atomic E-state index is -0.940. The molecule has 0 aliphatic heterocycles. The molecule has 2 aromatic rings. The molecule has 1 amide bonds. The van der Waals surface area contributed by atoms with Crippen LogP contribution in [0.15, 0.2) is 42.5 Å². The zero-order valence-electron chi connectivity index (χ0n) is 11.7. The molecule has 2 aromatic carbocycles. The molecule has 0 fully saturated rings. The number of hydrogen-bond donors (Lipinski definition) is 1. The number of carbonyl (C=O) groups excluding carboxylic acids is 1. The van der Waals surface area contributed by atoms with Gasteiger partial charge in [0.2, 0.25) is 5.82 Å². The van der Waals surface area contributed by atoms with Crippen LogP contribution >= 0.6 is 11.8 Å². The Kier molecular flexibility index (Phi) is 5.11. The summed E-state index contributed by atoms with van der Waals surface area (Å²) >= 11 is 1.64. The summed E-state index contributed by atoms with van der Waals surface area (Å²) in [5.41, 5.74) is 0.950. The quantitative estimate of drug-likeness (QED) is 0.671. The second kappa shape index (κ2) is 7.04. The minimum Gasteiger partial charge on any atom is -0.322 e. The number of rotatable bonds is 5. The van der Waals surface area contributed by atoms with E-state index in [2.05, 4.69) is 5.32 Å². The number of nitro benzene ring substituents is 1. The Labute approximate surface area is 130 Å². The first kappa shape index (κ1) is 16.0. The van der Waals surface area contributed by atoms with E-state index in [4.69, 9.17) is 0 Å². The van der Waals surface area contributed by atoms with Gasteiger partial charge < -0.3 is 5.32 Å². The summed E-state index contributed by atoms with van der Waals surface area (Å²) < 4.78 is 13.3. The summed E-state index contributed by atoms with van der Waals surface area (Å²) in [5, 5.41) is 13.2. The molecule has 0 saturated carbocycles. The van der Waals surface area contributed by atoms with Gasteiger partial charge in [0, 0.05) is 23.1 Å². The summed E-state index contributed by atoms with van der Waals surface area (Å²) in [7, 11) is 0. The Morgan fingerprint density at radius 1 is 1.32 bits per heavy atom. The maximum Gasteiger partial charge on any atom is 0.306 e. The Bertz CT molecular complexity index is 722. The van der Waals surface area contributed by atoms with E-state index in [1.54, 1.807) is 30.0 Å². The molecule has 0 aliphatic rings. The van der Waals surface area contributed by atoms with Crippen LogP contribution in [-0.4, -0.2) is 17.1 Å². The second-order valence-electron chi connectivity index (χ2n) is 4.51. The van der Waals surface area contributed by atoms with Crippen molar-refractivity contribution < 1.29 is 14.1 Å². The van der Waals surface area contributed by atoms with Crippen LogP contribution in [0, 0.1) is 15.9 Å². The molecule has 0 unspecified atom stereocenters. The number of nitrogens with one attached hydrogen (secondary N) is 1. The number of thioether (sulfide) groups is 1. The average molecular weight is 320 g/mol. The number of nitro groups is 1. The summed E-state index contributed by atoms with van der Waals surface area (Å²) in [6.45, 7) is 0. The third kappa shape index (κ3) is 3.82. The van der Waals surface area contributed by atoms with Gasteiger partial charge in [-0.05, 0) is 36.1 Å². The van der Waals surface area contributed by atoms with Crippen LogP contribution in [0.25, 0.3) is 0 Å². The predicted molar refractivity (Wildman–Crippen MR) is 84.7 cm³/mol. The zero-order valence-corrected chi connectivity index (χ0v) is 12.5. The fraction of sp³-hybridized carbons (Fsp3) is 0.133. The first-order valence-corrected chi connectivity index (χ1v) is 7.74. The SMILES string of the molecule is CSCc1cccc(C(=O)Nc2ccc(F)c([N+](=O)[O-])c2)c1. The van der Waals surface area contributed by atoms with Crippen LogP contribution in [0.4, 0.5) is 15.8 Å². The van der Waals surface area contributed by atoms with Gasteiger partial charge in [0.25, 0.3) is 5.91 Å². The molecular formula is C15H13FN2O3S. The molecule has 0 saturated heterocycles. The molecule has 0 bridgehead atoms. The number of anilines is 1. The van der Waals surface area contributed by atoms with Gasteiger partial charge in [0.1, 0.15) is 0 Å². The van der Waals surface area contributed by atoms with E-state index in [0.29, 0.717) is 5.56 Å². The van der Waals surface area contributed by atoms with Crippen molar-refractivity contribution in [3.8, 4) is 0 Å². The maximum absolute atomic E-state index is 13.3. The summed E-state index contributed by atoms with van der Waals surface area (Å²) in [4.78, 5) is 22.0. The summed E-state index contributed by atoms with van der Waals surface area (Å²) in [6.07, 6.45) is 1.96. The molecule has 1 N–H and O–H groups in total. The molecule has 0 aliphatic carbocycles. The second-order valence-corrected chi connectivity index (χ2v) is 5.38. The number of hydrogen-bond acceptors (Lipinski definition) is 4. The normalized spacial score (nSPS) is 10.3. The monoisotopic (exact) mass is 320 g/mol. The van der Waals surface area contributed by atoms with Crippen molar-refractivity contribution in [2.75, 3.05) is 11.6 Å². The first-order chi connectivity index (χ1) is 10.5. The van der Waals surface area contributed by atoms with Crippen LogP contribution in [-0.2, 0) is 5.75 Å². The van der Waals surface area contributed by atoms with Gasteiger partial charge in [0.15, 0.2) is 0 Å². The molecule has 7 heteroatoms. The van der Waals surface area contributed by atoms with Gasteiger partial charge in [0.05, 0.1) is 4.92 Å². The van der Waals surface area contributed by atoms with E-state index in [0.717, 1.165) is 23.4 Å². The van der Waals surface area contributed by atoms with Gasteiger partial charge in [-0.25, -0.2) is 0 Å². The Hall–Kier alpha value is -2.41. The highest BCUT2D eigenvalue weighted by Crippen LogP contribution is 2.22. The molecular weight excluding hydrogens is 307 g/mol. The standard InChI is InChI=1S/C15H13FN2O3S/c1-22-9-10-3-2-4-11(7-10)15(19)17-12-5-6-13(16)14(8-12)18(20)21/h2-8H,9H2,1H3,(H,17,19). The van der Waals surface area contributed by atoms with Crippen LogP contribution in [0.3, 0.4) is 0 Å². The first-order valence-electron chi connectivity index (χ1n) is 6.34. The van der Waals surface area contributed by atoms with Crippen LogP contribution in [0.2, 0.25) is 0 Å². The summed E-state index contributed by atoms with van der Waals surface area (Å²) in [6, 6.07) is 10.3. The molecule has 0 heterocycles. The third-order valence-electron chi connectivity index (χ3n) is 2.90. The van der Waals surface area contributed by atoms with E-state index in [9.17, 15) is 19.3 Å². The van der Waals surface area contributed by atoms with Crippen molar-refractivity contribution in [1.82, 2.24) is 0 Å². The molecule has 0 aromatic heterocycles. The number of carbonyl (C=O) groups is 1. The van der Waals surface area contributed by atoms with E-state index in [1.807, 2.05) is 12.3 Å². The minimum absolute atomic E-state index is 0.174. The van der Waals surface area contributed by atoms with Gasteiger partial charge >= 0.3 is 5.69 Å². The topological polar surface area (TPSA) is 72.2 Å². The highest BCUT2D eigenvalue weighted by molar-refractivity contribution is 7.97. The number of halogens is 1. The van der Waals surface area contributed by atoms with Crippen LogP contribution in [0.5, 0.6) is 0 Å². The number of benzene rings is 2. The summed E-state index contributed by atoms with van der Waals surface area (Å²) in [5.74, 6) is -0.558. The van der Waals surface area contributed by atoms with Gasteiger partial charge in [-0.3, -0.25) is 14.9 Å². The highest BCUT2D eigenvalue weighted by atomic mass is 32.2. The molecule has 0 radical (unpaired) electrons. The van der Waals surface area contributed by atoms with Crippen molar-refractivity contribution in [3.63, 3.8) is 0 Å². The van der Waals surface area contributed by atoms with Gasteiger partial charge in [-0.1, -0.05) is 12.1 Å². The molecule has 2 rings (SSSR count). The average Bonchev–Trinajstić information content (AvgIpc) is 2.49. The van der Waals surface area contributed by atoms with Crippen molar-refractivity contribution >= 4 is 29.0 Å². The molecule has 114 valence electrons. The largest absolute Gasteiger partial charge is 0.322 e. The van der Waals surface area contributed by atoms with E-state index >= 15 is 0 Å². The Balaban J connectivity index is 2.20. The molecule has 5 nitrogen and oxygen atoms in total. The predicted octanol–water partition coefficient (Wildman–Crippen LogP) is 3.85. The Morgan fingerprint density at radius 2 is 2.09 bits per heavy atom. The number of amides is 1. The molecule has 0 atom stereocenters. The lowest BCUT2D eigenvalue weighted by Crippen LogP contribution is -2.12. The Morgan fingerprint density at radius 3 is 2.77 bits per heavy atom. The smallest absolute Gasteiger partial charge is 0.306 e. The fourth-order valence-electron chi connectivity index (χ4n) is 1.90. The van der Waals surface area contributed by atoms with Crippen LogP contribution < -0.4 is 5.32 Å². The highest BCUT2D eigenvalue weighted by Gasteiger charge is 2.15. The zero-order chi connectivity index (χ0) is 16.1. The lowest BCUT2D eigenvalue weighted by molar-refractivity contribution is -0.387. The van der Waals surface area contributed by atoms with Crippen LogP contribution in [0.1, 0.15) is 15.9 Å². The van der Waals surface area contributed by atoms with Gasteiger partial charge in [-0.2, -0.15) is 16.2 Å². The van der Waals surface area contributed by atoms with Crippen molar-refractivity contribution in [3.05, 3.63) is 69.5 Å². The van der Waals surface area contributed by atoms with Crippen molar-refractivity contribution in [2.45, 2.75) is 5.75 Å². The van der Waals surface area contributed by atoms with E-state index < -0.39 is 22.3 Å². The number of nitrogens with zero attached hydrogens (tertiary/aromatic N) is 1. The lowest BCUT2D eigenvalue weighted by Gasteiger charge is -2.07. The molecule has 0 spiro atoms. The van der Waals surface area contributed by atoms with Crippen molar-refractivity contribution in [2.24, 2.45) is 0 Å². The molecule has 22 heavy (non-hydrogen) atoms. The van der Waals surface area contributed by atoms with Crippen molar-refractivity contribution in [1.29, 1.82) is 0 Å². The van der Waals surface area contributed by atoms with Gasteiger partial charge in [-0.15, -0.1) is 0 Å². The lowest BCUT2D eigenvalue weighted by atomic mass is 10.1.